The van der Waals surface area contributed by atoms with Crippen molar-refractivity contribution in [2.75, 3.05) is 13.1 Å². The molecule has 4 nitrogen and oxygen atoms in total. The third-order valence-electron chi connectivity index (χ3n) is 4.17. The minimum atomic E-state index is -4.53. The van der Waals surface area contributed by atoms with E-state index in [1.807, 2.05) is 13.0 Å². The summed E-state index contributed by atoms with van der Waals surface area (Å²) in [6, 6.07) is 5.43. The number of hydrogen-bond acceptors (Lipinski definition) is 3. The molecule has 0 bridgehead atoms. The standard InChI is InChI=1S/C18H25F3N2O2S/c1-3-5-6-7-12-23(13-11-22)26(24,25)14-15-9-8-10-17(16(15)4-2)18(19,20)21/h8-10H,3-7,12-14H2,1-2H3. The van der Waals surface area contributed by atoms with Gasteiger partial charge in [-0.3, -0.25) is 0 Å². The van der Waals surface area contributed by atoms with Gasteiger partial charge in [-0.1, -0.05) is 45.2 Å². The first kappa shape index (κ1) is 22.5. The zero-order chi connectivity index (χ0) is 19.8. The Kier molecular flexibility index (Phi) is 8.57. The van der Waals surface area contributed by atoms with E-state index in [9.17, 15) is 21.6 Å². The monoisotopic (exact) mass is 390 g/mol. The highest BCUT2D eigenvalue weighted by Crippen LogP contribution is 2.34. The molecule has 1 aromatic rings. The summed E-state index contributed by atoms with van der Waals surface area (Å²) in [7, 11) is -3.88. The third kappa shape index (κ3) is 6.29. The van der Waals surface area contributed by atoms with Crippen LogP contribution in [-0.4, -0.2) is 25.8 Å². The van der Waals surface area contributed by atoms with Crippen molar-refractivity contribution < 1.29 is 21.6 Å². The Morgan fingerprint density at radius 3 is 2.38 bits per heavy atom. The Bertz CT molecular complexity index is 725. The minimum absolute atomic E-state index is 0.00790. The topological polar surface area (TPSA) is 61.2 Å². The molecule has 0 heterocycles. The summed E-state index contributed by atoms with van der Waals surface area (Å²) < 4.78 is 65.9. The summed E-state index contributed by atoms with van der Waals surface area (Å²) in [5, 5.41) is 8.92. The number of nitriles is 1. The molecule has 26 heavy (non-hydrogen) atoms. The highest BCUT2D eigenvalue weighted by molar-refractivity contribution is 7.88. The summed E-state index contributed by atoms with van der Waals surface area (Å²) >= 11 is 0. The first-order valence-electron chi connectivity index (χ1n) is 8.70. The van der Waals surface area contributed by atoms with Gasteiger partial charge in [0, 0.05) is 6.54 Å². The van der Waals surface area contributed by atoms with Gasteiger partial charge in [-0.25, -0.2) is 8.42 Å². The molecule has 0 spiro atoms. The Balaban J connectivity index is 3.08. The maximum atomic E-state index is 13.2. The van der Waals surface area contributed by atoms with Gasteiger partial charge < -0.3 is 0 Å². The second-order valence-corrected chi connectivity index (χ2v) is 8.07. The van der Waals surface area contributed by atoms with E-state index in [2.05, 4.69) is 0 Å². The Labute approximate surface area is 153 Å². The predicted octanol–water partition coefficient (Wildman–Crippen LogP) is 4.50. The molecule has 8 heteroatoms. The van der Waals surface area contributed by atoms with Crippen molar-refractivity contribution >= 4 is 10.0 Å². The second-order valence-electron chi connectivity index (χ2n) is 6.10. The molecule has 146 valence electrons. The summed E-state index contributed by atoms with van der Waals surface area (Å²) in [6.45, 7) is 3.51. The number of benzene rings is 1. The second kappa shape index (κ2) is 9.93. The van der Waals surface area contributed by atoms with Crippen LogP contribution in [0.4, 0.5) is 13.2 Å². The van der Waals surface area contributed by atoms with Crippen LogP contribution in [0.2, 0.25) is 0 Å². The molecule has 0 aliphatic carbocycles. The predicted molar refractivity (Wildman–Crippen MR) is 94.8 cm³/mol. The van der Waals surface area contributed by atoms with E-state index < -0.39 is 27.5 Å². The summed E-state index contributed by atoms with van der Waals surface area (Å²) in [5.41, 5.74) is -0.673. The van der Waals surface area contributed by atoms with Crippen LogP contribution in [0.1, 0.15) is 56.2 Å². The fourth-order valence-corrected chi connectivity index (χ4v) is 4.36. The van der Waals surface area contributed by atoms with Crippen LogP contribution in [0, 0.1) is 11.3 Å². The first-order valence-corrected chi connectivity index (χ1v) is 10.3. The molecule has 0 amide bonds. The van der Waals surface area contributed by atoms with Crippen molar-refractivity contribution in [3.05, 3.63) is 34.9 Å². The first-order chi connectivity index (χ1) is 12.2. The van der Waals surface area contributed by atoms with E-state index in [1.54, 1.807) is 6.92 Å². The molecule has 0 aromatic heterocycles. The normalized spacial score (nSPS) is 12.3. The lowest BCUT2D eigenvalue weighted by Crippen LogP contribution is -2.33. The lowest BCUT2D eigenvalue weighted by molar-refractivity contribution is -0.138. The molecule has 0 atom stereocenters. The van der Waals surface area contributed by atoms with Crippen LogP contribution in [0.25, 0.3) is 0 Å². The minimum Gasteiger partial charge on any atom is -0.212 e. The van der Waals surface area contributed by atoms with Crippen LogP contribution in [0.5, 0.6) is 0 Å². The molecule has 0 radical (unpaired) electrons. The van der Waals surface area contributed by atoms with Gasteiger partial charge in [0.15, 0.2) is 0 Å². The summed E-state index contributed by atoms with van der Waals surface area (Å²) in [4.78, 5) is 0. The number of hydrogen-bond donors (Lipinski definition) is 0. The Morgan fingerprint density at radius 2 is 1.85 bits per heavy atom. The highest BCUT2D eigenvalue weighted by Gasteiger charge is 2.34. The van der Waals surface area contributed by atoms with E-state index in [0.29, 0.717) is 6.42 Å². The highest BCUT2D eigenvalue weighted by atomic mass is 32.2. The van der Waals surface area contributed by atoms with Crippen LogP contribution >= 0.6 is 0 Å². The van der Waals surface area contributed by atoms with E-state index in [1.165, 1.54) is 12.1 Å². The summed E-state index contributed by atoms with van der Waals surface area (Å²) in [5.74, 6) is -0.532. The van der Waals surface area contributed by atoms with Crippen molar-refractivity contribution in [1.29, 1.82) is 5.26 Å². The van der Waals surface area contributed by atoms with Gasteiger partial charge in [-0.2, -0.15) is 22.7 Å². The molecule has 0 unspecified atom stereocenters. The number of halogens is 3. The maximum absolute atomic E-state index is 13.2. The van der Waals surface area contributed by atoms with Gasteiger partial charge in [0.2, 0.25) is 10.0 Å². The SMILES string of the molecule is CCCCCCN(CC#N)S(=O)(=O)Cc1cccc(C(F)(F)F)c1CC. The molecule has 0 aliphatic heterocycles. The van der Waals surface area contributed by atoms with Gasteiger partial charge >= 0.3 is 6.18 Å². The summed E-state index contributed by atoms with van der Waals surface area (Å²) in [6.07, 6.45) is -1.02. The van der Waals surface area contributed by atoms with Gasteiger partial charge in [-0.05, 0) is 30.0 Å². The van der Waals surface area contributed by atoms with E-state index >= 15 is 0 Å². The molecule has 0 fully saturated rings. The van der Waals surface area contributed by atoms with Gasteiger partial charge in [0.1, 0.15) is 6.54 Å². The zero-order valence-electron chi connectivity index (χ0n) is 15.1. The van der Waals surface area contributed by atoms with Crippen LogP contribution in [-0.2, 0) is 28.4 Å². The van der Waals surface area contributed by atoms with Gasteiger partial charge in [0.25, 0.3) is 0 Å². The van der Waals surface area contributed by atoms with Crippen molar-refractivity contribution in [2.45, 2.75) is 57.9 Å². The van der Waals surface area contributed by atoms with Crippen molar-refractivity contribution in [1.82, 2.24) is 4.31 Å². The lowest BCUT2D eigenvalue weighted by Gasteiger charge is -2.21. The molecule has 1 aromatic carbocycles. The van der Waals surface area contributed by atoms with E-state index in [-0.39, 0.29) is 30.6 Å². The van der Waals surface area contributed by atoms with E-state index in [4.69, 9.17) is 5.26 Å². The number of nitrogens with zero attached hydrogens (tertiary/aromatic N) is 2. The average molecular weight is 390 g/mol. The molecular formula is C18H25F3N2O2S. The average Bonchev–Trinajstić information content (AvgIpc) is 2.56. The fraction of sp³-hybridized carbons (Fsp3) is 0.611. The molecule has 0 N–H and O–H groups in total. The van der Waals surface area contributed by atoms with Crippen molar-refractivity contribution in [3.8, 4) is 6.07 Å². The molecule has 0 saturated carbocycles. The zero-order valence-corrected chi connectivity index (χ0v) is 16.0. The van der Waals surface area contributed by atoms with Gasteiger partial charge in [-0.15, -0.1) is 0 Å². The Morgan fingerprint density at radius 1 is 1.15 bits per heavy atom. The lowest BCUT2D eigenvalue weighted by atomic mass is 9.99. The number of rotatable bonds is 10. The van der Waals surface area contributed by atoms with Gasteiger partial charge in [0.05, 0.1) is 17.4 Å². The number of sulfonamides is 1. The fourth-order valence-electron chi connectivity index (χ4n) is 2.85. The number of alkyl halides is 3. The molecule has 0 aliphatic rings. The third-order valence-corrected chi connectivity index (χ3v) is 5.95. The molecule has 0 saturated heterocycles. The van der Waals surface area contributed by atoms with Crippen LogP contribution in [0.3, 0.4) is 0 Å². The van der Waals surface area contributed by atoms with Crippen LogP contribution < -0.4 is 0 Å². The molecular weight excluding hydrogens is 365 g/mol. The largest absolute Gasteiger partial charge is 0.416 e. The van der Waals surface area contributed by atoms with Crippen molar-refractivity contribution in [3.63, 3.8) is 0 Å². The Hall–Kier alpha value is -1.59. The quantitative estimate of drug-likeness (QED) is 0.436. The smallest absolute Gasteiger partial charge is 0.212 e. The van der Waals surface area contributed by atoms with Crippen LogP contribution in [0.15, 0.2) is 18.2 Å². The number of unbranched alkanes of at least 4 members (excludes halogenated alkanes) is 3. The maximum Gasteiger partial charge on any atom is 0.416 e. The van der Waals surface area contributed by atoms with Crippen molar-refractivity contribution in [2.24, 2.45) is 0 Å². The molecule has 1 rings (SSSR count). The van der Waals surface area contributed by atoms with E-state index in [0.717, 1.165) is 29.6 Å².